The van der Waals surface area contributed by atoms with Crippen molar-refractivity contribution in [3.8, 4) is 0 Å². The van der Waals surface area contributed by atoms with Crippen molar-refractivity contribution in [2.45, 2.75) is 13.5 Å². The fourth-order valence-electron chi connectivity index (χ4n) is 4.19. The monoisotopic (exact) mass is 385 g/mol. The molecule has 29 heavy (non-hydrogen) atoms. The second-order valence-corrected chi connectivity index (χ2v) is 7.02. The Labute approximate surface area is 166 Å². The van der Waals surface area contributed by atoms with Gasteiger partial charge in [0.2, 0.25) is 0 Å². The number of rotatable bonds is 4. The summed E-state index contributed by atoms with van der Waals surface area (Å²) >= 11 is 0. The molecule has 0 fully saturated rings. The molecule has 144 valence electrons. The van der Waals surface area contributed by atoms with Gasteiger partial charge >= 0.3 is 0 Å². The molecule has 0 aliphatic carbocycles. The van der Waals surface area contributed by atoms with Crippen molar-refractivity contribution < 1.29 is 14.7 Å². The van der Waals surface area contributed by atoms with E-state index in [9.17, 15) is 14.7 Å². The van der Waals surface area contributed by atoms with Gasteiger partial charge in [0.1, 0.15) is 6.73 Å². The second-order valence-electron chi connectivity index (χ2n) is 7.02. The predicted molar refractivity (Wildman–Crippen MR) is 112 cm³/mol. The quantitative estimate of drug-likeness (QED) is 0.529. The zero-order valence-corrected chi connectivity index (χ0v) is 15.8. The molecule has 2 aromatic carbocycles. The number of hydrogen-bond acceptors (Lipinski definition) is 3. The van der Waals surface area contributed by atoms with Gasteiger partial charge < -0.3 is 14.7 Å². The molecule has 0 bridgehead atoms. The zero-order valence-electron chi connectivity index (χ0n) is 15.8. The number of nitrogens with zero attached hydrogens (tertiary/aromatic N) is 2. The van der Waals surface area contributed by atoms with Gasteiger partial charge in [-0.1, -0.05) is 36.4 Å². The topological polar surface area (TPSA) is 78.3 Å². The van der Waals surface area contributed by atoms with Gasteiger partial charge in [-0.05, 0) is 19.1 Å². The van der Waals surface area contributed by atoms with Crippen LogP contribution in [0, 0.1) is 0 Å². The van der Waals surface area contributed by atoms with E-state index in [2.05, 4.69) is 9.55 Å². The van der Waals surface area contributed by atoms with Gasteiger partial charge in [-0.15, -0.1) is 0 Å². The number of H-pyrrole nitrogens is 1. The Morgan fingerprint density at radius 1 is 0.897 bits per heavy atom. The van der Waals surface area contributed by atoms with Crippen LogP contribution in [0.1, 0.15) is 18.1 Å². The van der Waals surface area contributed by atoms with Crippen molar-refractivity contribution in [3.63, 3.8) is 0 Å². The number of carbonyl (C=O) groups excluding carboxylic acids is 2. The fourth-order valence-corrected chi connectivity index (χ4v) is 4.19. The molecule has 1 aliphatic heterocycles. The van der Waals surface area contributed by atoms with E-state index in [0.717, 1.165) is 33.3 Å². The Balaban J connectivity index is 1.86. The molecule has 3 heterocycles. The van der Waals surface area contributed by atoms with Crippen LogP contribution in [0.3, 0.4) is 0 Å². The van der Waals surface area contributed by atoms with Gasteiger partial charge in [0, 0.05) is 51.9 Å². The van der Waals surface area contributed by atoms with E-state index in [1.165, 1.54) is 0 Å². The van der Waals surface area contributed by atoms with Crippen molar-refractivity contribution in [1.82, 2.24) is 14.5 Å². The summed E-state index contributed by atoms with van der Waals surface area (Å²) in [5, 5.41) is 11.5. The Kier molecular flexibility index (Phi) is 3.89. The van der Waals surface area contributed by atoms with E-state index in [1.807, 2.05) is 61.7 Å². The van der Waals surface area contributed by atoms with Crippen LogP contribution in [0.15, 0.2) is 60.9 Å². The molecule has 0 saturated carbocycles. The minimum absolute atomic E-state index is 0.320. The molecule has 0 spiro atoms. The first kappa shape index (κ1) is 17.5. The lowest BCUT2D eigenvalue weighted by atomic mass is 9.95. The summed E-state index contributed by atoms with van der Waals surface area (Å²) in [5.41, 5.74) is 3.90. The molecule has 2 aromatic heterocycles. The minimum atomic E-state index is -0.653. The summed E-state index contributed by atoms with van der Waals surface area (Å²) in [6.07, 6.45) is 3.67. The second kappa shape index (κ2) is 6.46. The standard InChI is InChI=1S/C23H19N3O3/c1-2-25-12-17(15-8-4-6-10-19(15)25)21-20(22(28)26(13-27)23(21)29)16-11-24-18-9-5-3-7-14(16)18/h3-12,24,27H,2,13H2,1H3. The number of benzene rings is 2. The highest BCUT2D eigenvalue weighted by Crippen LogP contribution is 2.40. The molecular formula is C23H19N3O3. The number of aliphatic hydroxyl groups is 1. The normalized spacial score (nSPS) is 14.8. The number of aliphatic hydroxyl groups excluding tert-OH is 1. The molecule has 6 nitrogen and oxygen atoms in total. The van der Waals surface area contributed by atoms with Crippen LogP contribution in [0.25, 0.3) is 33.0 Å². The Hall–Kier alpha value is -3.64. The number of carbonyl (C=O) groups is 2. The summed E-state index contributed by atoms with van der Waals surface area (Å²) in [7, 11) is 0. The number of fused-ring (bicyclic) bond motifs is 2. The van der Waals surface area contributed by atoms with Crippen LogP contribution in [-0.4, -0.2) is 38.1 Å². The third-order valence-electron chi connectivity index (χ3n) is 5.57. The molecule has 2 amide bonds. The molecule has 0 saturated heterocycles. The van der Waals surface area contributed by atoms with Gasteiger partial charge in [0.25, 0.3) is 11.8 Å². The van der Waals surface area contributed by atoms with Crippen molar-refractivity contribution >= 4 is 44.8 Å². The first-order valence-corrected chi connectivity index (χ1v) is 9.51. The Morgan fingerprint density at radius 3 is 2.28 bits per heavy atom. The number of nitrogens with one attached hydrogen (secondary N) is 1. The molecule has 4 aromatic rings. The molecule has 0 unspecified atom stereocenters. The lowest BCUT2D eigenvalue weighted by Gasteiger charge is -2.10. The average molecular weight is 385 g/mol. The van der Waals surface area contributed by atoms with Gasteiger partial charge in [-0.25, -0.2) is 0 Å². The van der Waals surface area contributed by atoms with Crippen molar-refractivity contribution in [3.05, 3.63) is 72.1 Å². The predicted octanol–water partition coefficient (Wildman–Crippen LogP) is 3.37. The summed E-state index contributed by atoms with van der Waals surface area (Å²) in [4.78, 5) is 30.4. The first-order chi connectivity index (χ1) is 14.2. The van der Waals surface area contributed by atoms with Crippen LogP contribution < -0.4 is 0 Å². The van der Waals surface area contributed by atoms with Gasteiger partial charge in [0.05, 0.1) is 11.1 Å². The van der Waals surface area contributed by atoms with Crippen molar-refractivity contribution in [1.29, 1.82) is 0 Å². The number of aryl methyl sites for hydroxylation is 1. The summed E-state index contributed by atoms with van der Waals surface area (Å²) in [5.74, 6) is -0.956. The van der Waals surface area contributed by atoms with Crippen LogP contribution in [-0.2, 0) is 16.1 Å². The largest absolute Gasteiger partial charge is 0.376 e. The maximum Gasteiger partial charge on any atom is 0.264 e. The lowest BCUT2D eigenvalue weighted by molar-refractivity contribution is -0.139. The van der Waals surface area contributed by atoms with E-state index >= 15 is 0 Å². The smallest absolute Gasteiger partial charge is 0.264 e. The third kappa shape index (κ3) is 2.39. The van der Waals surface area contributed by atoms with Crippen LogP contribution in [0.5, 0.6) is 0 Å². The van der Waals surface area contributed by atoms with Gasteiger partial charge in [0.15, 0.2) is 0 Å². The third-order valence-corrected chi connectivity index (χ3v) is 5.57. The molecule has 5 rings (SSSR count). The first-order valence-electron chi connectivity index (χ1n) is 9.51. The number of hydrogen-bond donors (Lipinski definition) is 2. The van der Waals surface area contributed by atoms with Gasteiger partial charge in [-0.3, -0.25) is 14.5 Å². The van der Waals surface area contributed by atoms with Crippen LogP contribution >= 0.6 is 0 Å². The van der Waals surface area contributed by atoms with Gasteiger partial charge in [-0.2, -0.15) is 0 Å². The maximum atomic E-state index is 13.2. The van der Waals surface area contributed by atoms with E-state index in [1.54, 1.807) is 6.20 Å². The molecule has 2 N–H and O–H groups in total. The fraction of sp³-hybridized carbons (Fsp3) is 0.130. The van der Waals surface area contributed by atoms with E-state index in [0.29, 0.717) is 22.3 Å². The zero-order chi connectivity index (χ0) is 20.1. The maximum absolute atomic E-state index is 13.2. The highest BCUT2D eigenvalue weighted by Gasteiger charge is 2.41. The average Bonchev–Trinajstić information content (AvgIpc) is 3.40. The molecule has 1 aliphatic rings. The number of aromatic nitrogens is 2. The minimum Gasteiger partial charge on any atom is -0.376 e. The van der Waals surface area contributed by atoms with E-state index in [4.69, 9.17) is 0 Å². The van der Waals surface area contributed by atoms with Crippen molar-refractivity contribution in [2.24, 2.45) is 0 Å². The number of imide groups is 1. The molecule has 0 atom stereocenters. The summed E-state index contributed by atoms with van der Waals surface area (Å²) in [6.45, 7) is 2.12. The number of para-hydroxylation sites is 2. The van der Waals surface area contributed by atoms with E-state index in [-0.39, 0.29) is 0 Å². The lowest BCUT2D eigenvalue weighted by Crippen LogP contribution is -2.32. The van der Waals surface area contributed by atoms with E-state index < -0.39 is 18.5 Å². The number of aromatic amines is 1. The SMILES string of the molecule is CCn1cc(C2=C(c3c[nH]c4ccccc34)C(=O)N(CO)C2=O)c2ccccc21. The highest BCUT2D eigenvalue weighted by molar-refractivity contribution is 6.50. The molecular weight excluding hydrogens is 366 g/mol. The Bertz CT molecular complexity index is 1330. The highest BCUT2D eigenvalue weighted by atomic mass is 16.3. The number of amides is 2. The Morgan fingerprint density at radius 2 is 1.55 bits per heavy atom. The van der Waals surface area contributed by atoms with Crippen LogP contribution in [0.4, 0.5) is 0 Å². The molecule has 6 heteroatoms. The van der Waals surface area contributed by atoms with Crippen LogP contribution in [0.2, 0.25) is 0 Å². The molecule has 0 radical (unpaired) electrons. The summed E-state index contributed by atoms with van der Waals surface area (Å²) < 4.78 is 2.06. The van der Waals surface area contributed by atoms with Crippen molar-refractivity contribution in [2.75, 3.05) is 6.73 Å². The summed E-state index contributed by atoms with van der Waals surface area (Å²) in [6, 6.07) is 15.5.